The predicted molar refractivity (Wildman–Crippen MR) is 126 cm³/mol. The normalized spacial score (nSPS) is 42.0. The number of aliphatic hydroxyl groups is 4. The highest BCUT2D eigenvalue weighted by Gasteiger charge is 2.54. The van der Waals surface area contributed by atoms with Crippen LogP contribution in [0.25, 0.3) is 0 Å². The van der Waals surface area contributed by atoms with Crippen LogP contribution < -0.4 is 0 Å². The van der Waals surface area contributed by atoms with Crippen LogP contribution in [0.4, 0.5) is 0 Å². The molecule has 0 aromatic rings. The van der Waals surface area contributed by atoms with Crippen molar-refractivity contribution in [3.63, 3.8) is 0 Å². The fourth-order valence-electron chi connectivity index (χ4n) is 6.33. The van der Waals surface area contributed by atoms with Crippen molar-refractivity contribution in [1.82, 2.24) is 0 Å². The lowest BCUT2D eigenvalue weighted by molar-refractivity contribution is -0.291. The van der Waals surface area contributed by atoms with Crippen LogP contribution in [0.15, 0.2) is 34.4 Å². The molecule has 3 aliphatic carbocycles. The molecule has 3 unspecified atom stereocenters. The summed E-state index contributed by atoms with van der Waals surface area (Å²) in [4.78, 5) is 0. The molecule has 6 nitrogen and oxygen atoms in total. The van der Waals surface area contributed by atoms with E-state index in [2.05, 4.69) is 39.8 Å². The van der Waals surface area contributed by atoms with Crippen molar-refractivity contribution in [2.45, 2.75) is 110 Å². The van der Waals surface area contributed by atoms with E-state index in [0.29, 0.717) is 12.3 Å². The SMILES string of the molecule is CC(C)C1=C2C3=CC=C(C(C)(C)O)CC(O[C@@H]4OCC(O)[C@H](O)C4O)[C@]3(C)CC[C@@]2(C)CC1. The van der Waals surface area contributed by atoms with Crippen molar-refractivity contribution >= 4 is 0 Å². The van der Waals surface area contributed by atoms with E-state index in [0.717, 1.165) is 31.3 Å². The number of hydrogen-bond acceptors (Lipinski definition) is 6. The number of allylic oxidation sites excluding steroid dienone is 4. The monoisotopic (exact) mass is 462 g/mol. The highest BCUT2D eigenvalue weighted by atomic mass is 16.7. The van der Waals surface area contributed by atoms with Gasteiger partial charge in [-0.1, -0.05) is 45.4 Å². The summed E-state index contributed by atoms with van der Waals surface area (Å²) < 4.78 is 12.1. The highest BCUT2D eigenvalue weighted by molar-refractivity contribution is 5.53. The van der Waals surface area contributed by atoms with Gasteiger partial charge < -0.3 is 29.9 Å². The molecule has 0 spiro atoms. The second-order valence-electron chi connectivity index (χ2n) is 11.9. The largest absolute Gasteiger partial charge is 0.388 e. The zero-order valence-electron chi connectivity index (χ0n) is 21.0. The Bertz CT molecular complexity index is 864. The molecule has 4 N–H and O–H groups in total. The first-order valence-corrected chi connectivity index (χ1v) is 12.5. The fourth-order valence-corrected chi connectivity index (χ4v) is 6.33. The zero-order valence-corrected chi connectivity index (χ0v) is 21.0. The van der Waals surface area contributed by atoms with Crippen LogP contribution in [-0.4, -0.2) is 63.3 Å². The number of aliphatic hydroxyl groups excluding tert-OH is 3. The predicted octanol–water partition coefficient (Wildman–Crippen LogP) is 3.39. The number of ether oxygens (including phenoxy) is 2. The number of rotatable bonds is 4. The summed E-state index contributed by atoms with van der Waals surface area (Å²) in [6, 6.07) is 0. The molecule has 186 valence electrons. The van der Waals surface area contributed by atoms with Crippen LogP contribution in [0.2, 0.25) is 0 Å². The average Bonchev–Trinajstić information content (AvgIpc) is 3.00. The van der Waals surface area contributed by atoms with E-state index in [1.165, 1.54) is 16.7 Å². The molecular weight excluding hydrogens is 420 g/mol. The Morgan fingerprint density at radius 3 is 2.39 bits per heavy atom. The Morgan fingerprint density at radius 1 is 1.06 bits per heavy atom. The van der Waals surface area contributed by atoms with Crippen LogP contribution in [0.1, 0.15) is 73.6 Å². The van der Waals surface area contributed by atoms with Gasteiger partial charge in [-0.25, -0.2) is 0 Å². The van der Waals surface area contributed by atoms with Crippen LogP contribution in [0.3, 0.4) is 0 Å². The molecule has 0 aromatic heterocycles. The van der Waals surface area contributed by atoms with Gasteiger partial charge in [0.15, 0.2) is 6.29 Å². The minimum absolute atomic E-state index is 0.0933. The Balaban J connectivity index is 1.78. The molecule has 1 saturated carbocycles. The van der Waals surface area contributed by atoms with Gasteiger partial charge in [-0.15, -0.1) is 0 Å². The summed E-state index contributed by atoms with van der Waals surface area (Å²) in [5.41, 5.74) is 3.89. The van der Waals surface area contributed by atoms with E-state index in [4.69, 9.17) is 9.47 Å². The van der Waals surface area contributed by atoms with Crippen LogP contribution in [0.5, 0.6) is 0 Å². The molecule has 0 amide bonds. The van der Waals surface area contributed by atoms with E-state index < -0.39 is 30.2 Å². The Morgan fingerprint density at radius 2 is 1.76 bits per heavy atom. The van der Waals surface area contributed by atoms with Gasteiger partial charge in [0.25, 0.3) is 0 Å². The van der Waals surface area contributed by atoms with Crippen molar-refractivity contribution in [2.24, 2.45) is 16.7 Å². The minimum atomic E-state index is -1.34. The second-order valence-corrected chi connectivity index (χ2v) is 11.9. The molecule has 4 aliphatic rings. The first-order valence-electron chi connectivity index (χ1n) is 12.5. The van der Waals surface area contributed by atoms with Gasteiger partial charge in [0.2, 0.25) is 0 Å². The van der Waals surface area contributed by atoms with Crippen molar-refractivity contribution in [3.8, 4) is 0 Å². The minimum Gasteiger partial charge on any atom is -0.388 e. The van der Waals surface area contributed by atoms with Gasteiger partial charge in [0, 0.05) is 5.41 Å². The summed E-state index contributed by atoms with van der Waals surface area (Å²) in [6.07, 6.45) is 3.80. The van der Waals surface area contributed by atoms with Crippen molar-refractivity contribution < 1.29 is 29.9 Å². The van der Waals surface area contributed by atoms with Gasteiger partial charge in [0.1, 0.15) is 18.3 Å². The van der Waals surface area contributed by atoms with Crippen LogP contribution in [-0.2, 0) is 9.47 Å². The van der Waals surface area contributed by atoms with Gasteiger partial charge in [0.05, 0.1) is 18.3 Å². The third-order valence-corrected chi connectivity index (χ3v) is 8.75. The van der Waals surface area contributed by atoms with Gasteiger partial charge in [-0.3, -0.25) is 0 Å². The highest BCUT2D eigenvalue weighted by Crippen LogP contribution is 2.62. The molecule has 2 fully saturated rings. The smallest absolute Gasteiger partial charge is 0.186 e. The van der Waals surface area contributed by atoms with E-state index in [1.54, 1.807) is 13.8 Å². The maximum atomic E-state index is 10.9. The lowest BCUT2D eigenvalue weighted by Crippen LogP contribution is -2.56. The maximum absolute atomic E-state index is 10.9. The summed E-state index contributed by atoms with van der Waals surface area (Å²) in [5, 5.41) is 41.5. The Hall–Kier alpha value is -1.02. The molecule has 1 heterocycles. The first-order chi connectivity index (χ1) is 15.3. The lowest BCUT2D eigenvalue weighted by Gasteiger charge is -2.50. The summed E-state index contributed by atoms with van der Waals surface area (Å²) >= 11 is 0. The zero-order chi connectivity index (χ0) is 24.3. The molecule has 6 heteroatoms. The van der Waals surface area contributed by atoms with Crippen molar-refractivity contribution in [1.29, 1.82) is 0 Å². The first kappa shape index (κ1) is 25.1. The van der Waals surface area contributed by atoms with Crippen LogP contribution in [0, 0.1) is 16.7 Å². The van der Waals surface area contributed by atoms with Gasteiger partial charge in [-0.2, -0.15) is 0 Å². The van der Waals surface area contributed by atoms with Crippen molar-refractivity contribution in [2.75, 3.05) is 6.61 Å². The number of fused-ring (bicyclic) bond motifs is 3. The molecule has 0 aromatic carbocycles. The quantitative estimate of drug-likeness (QED) is 0.511. The molecule has 33 heavy (non-hydrogen) atoms. The summed E-state index contributed by atoms with van der Waals surface area (Å²) in [6.45, 7) is 12.6. The summed E-state index contributed by atoms with van der Waals surface area (Å²) in [7, 11) is 0. The summed E-state index contributed by atoms with van der Waals surface area (Å²) in [5.74, 6) is 0.463. The Labute approximate surface area is 198 Å². The molecule has 1 aliphatic heterocycles. The lowest BCUT2D eigenvalue weighted by atomic mass is 9.57. The third kappa shape index (κ3) is 4.28. The van der Waals surface area contributed by atoms with Gasteiger partial charge in [-0.05, 0) is 74.0 Å². The van der Waals surface area contributed by atoms with Crippen LogP contribution >= 0.6 is 0 Å². The third-order valence-electron chi connectivity index (χ3n) is 8.75. The fraction of sp³-hybridized carbons (Fsp3) is 0.778. The molecule has 0 radical (unpaired) electrons. The van der Waals surface area contributed by atoms with E-state index in [-0.39, 0.29) is 23.5 Å². The molecule has 1 saturated heterocycles. The standard InChI is InChI=1S/C27H42O6/c1-15(2)17-9-10-26(5)11-12-27(6)18(21(17)26)8-7-16(25(3,4)31)13-20(27)33-24-23(30)22(29)19(28)14-32-24/h7-8,15,19-20,22-24,28-31H,9-14H2,1-6H3/t19?,20?,22-,23?,24-,26+,27+/m0/s1. The van der Waals surface area contributed by atoms with E-state index in [1.807, 2.05) is 0 Å². The Kier molecular flexibility index (Phi) is 6.52. The number of hydrogen-bond donors (Lipinski definition) is 4. The maximum Gasteiger partial charge on any atom is 0.186 e. The van der Waals surface area contributed by atoms with Crippen molar-refractivity contribution in [3.05, 3.63) is 34.4 Å². The van der Waals surface area contributed by atoms with E-state index >= 15 is 0 Å². The molecule has 4 rings (SSSR count). The molecule has 7 atom stereocenters. The molecule has 0 bridgehead atoms. The molecular formula is C27H42O6. The average molecular weight is 463 g/mol. The second kappa shape index (κ2) is 8.58. The van der Waals surface area contributed by atoms with E-state index in [9.17, 15) is 20.4 Å². The topological polar surface area (TPSA) is 99.4 Å². The van der Waals surface area contributed by atoms with Gasteiger partial charge >= 0.3 is 0 Å².